The first-order valence-corrected chi connectivity index (χ1v) is 14.1. The molecule has 7 nitrogen and oxygen atoms in total. The minimum atomic E-state index is -0.654. The predicted octanol–water partition coefficient (Wildman–Crippen LogP) is 4.92. The molecule has 9 heteroatoms. The number of fused-ring (bicyclic) bond motifs is 1. The highest BCUT2D eigenvalue weighted by Crippen LogP contribution is 2.32. The molecule has 1 aliphatic rings. The van der Waals surface area contributed by atoms with Crippen molar-refractivity contribution in [3.8, 4) is 11.5 Å². The molecule has 5 rings (SSSR count). The molecular weight excluding hydrogens is 543 g/mol. The lowest BCUT2D eigenvalue weighted by Crippen LogP contribution is -2.40. The van der Waals surface area contributed by atoms with E-state index in [1.54, 1.807) is 28.8 Å². The summed E-state index contributed by atoms with van der Waals surface area (Å²) in [6.45, 7) is 4.47. The second kappa shape index (κ2) is 12.3. The molecule has 0 amide bonds. The monoisotopic (exact) mass is 572 g/mol. The Morgan fingerprint density at radius 3 is 2.46 bits per heavy atom. The number of esters is 1. The normalized spacial score (nSPS) is 14.8. The van der Waals surface area contributed by atoms with E-state index in [1.807, 2.05) is 56.3 Å². The van der Waals surface area contributed by atoms with Crippen LogP contribution in [0.2, 0.25) is 0 Å². The number of ether oxygens (including phenoxy) is 3. The molecule has 0 fully saturated rings. The summed E-state index contributed by atoms with van der Waals surface area (Å²) in [5.41, 5.74) is 3.06. The fourth-order valence-corrected chi connectivity index (χ4v) is 5.73. The van der Waals surface area contributed by atoms with Crippen LogP contribution in [0.15, 0.2) is 93.9 Å². The van der Waals surface area contributed by atoms with Crippen LogP contribution in [0.1, 0.15) is 43.0 Å². The molecule has 0 saturated carbocycles. The summed E-state index contributed by atoms with van der Waals surface area (Å²) in [5.74, 6) is 0.251. The van der Waals surface area contributed by atoms with Crippen LogP contribution in [0, 0.1) is 5.82 Å². The molecule has 1 aliphatic heterocycles. The number of methoxy groups -OCH3 is 1. The van der Waals surface area contributed by atoms with Gasteiger partial charge in [-0.15, -0.1) is 0 Å². The van der Waals surface area contributed by atoms with E-state index >= 15 is 0 Å². The maximum Gasteiger partial charge on any atom is 0.338 e. The maximum absolute atomic E-state index is 13.8. The lowest BCUT2D eigenvalue weighted by Gasteiger charge is -2.25. The molecule has 1 atom stereocenters. The summed E-state index contributed by atoms with van der Waals surface area (Å²) in [7, 11) is 1.33. The molecule has 1 aromatic heterocycles. The summed E-state index contributed by atoms with van der Waals surface area (Å²) >= 11 is 1.27. The molecule has 0 radical (unpaired) electrons. The molecular formula is C32H29FN2O5S. The van der Waals surface area contributed by atoms with Gasteiger partial charge in [0.15, 0.2) is 16.3 Å². The van der Waals surface area contributed by atoms with Gasteiger partial charge >= 0.3 is 5.97 Å². The number of allylic oxidation sites excluding steroid dienone is 1. The van der Waals surface area contributed by atoms with Gasteiger partial charge < -0.3 is 14.2 Å². The van der Waals surface area contributed by atoms with Crippen molar-refractivity contribution < 1.29 is 23.4 Å². The van der Waals surface area contributed by atoms with Crippen LogP contribution in [0.4, 0.5) is 4.39 Å². The Hall–Kier alpha value is -4.50. The summed E-state index contributed by atoms with van der Waals surface area (Å²) in [5, 5.41) is 0. The second-order valence-electron chi connectivity index (χ2n) is 9.25. The van der Waals surface area contributed by atoms with Gasteiger partial charge in [-0.1, -0.05) is 66.8 Å². The Morgan fingerprint density at radius 1 is 1.02 bits per heavy atom. The molecule has 41 heavy (non-hydrogen) atoms. The van der Waals surface area contributed by atoms with Crippen molar-refractivity contribution >= 4 is 23.4 Å². The van der Waals surface area contributed by atoms with Gasteiger partial charge in [0.2, 0.25) is 0 Å². The van der Waals surface area contributed by atoms with Crippen LogP contribution < -0.4 is 24.4 Å². The van der Waals surface area contributed by atoms with Crippen molar-refractivity contribution in [3.05, 3.63) is 126 Å². The largest absolute Gasteiger partial charge is 0.490 e. The maximum atomic E-state index is 13.8. The number of thiazole rings is 1. The molecule has 0 bridgehead atoms. The molecule has 3 aromatic carbocycles. The standard InChI is InChI=1S/C32H29FN2O5S/c1-4-24-28(31(37)38-3)29(22-9-7-6-8-10-22)35-30(36)27(41-32(35)34-24)18-21-13-16-25(26(17-21)39-5-2)40-19-20-11-14-23(33)15-12-20/h6-18,29H,4-5,19H2,1-3H3/b27-18-/t29-/m1/s1. The summed E-state index contributed by atoms with van der Waals surface area (Å²) in [6, 6.07) is 20.3. The third-order valence-electron chi connectivity index (χ3n) is 6.64. The molecule has 0 aliphatic carbocycles. The number of hydrogen-bond donors (Lipinski definition) is 0. The van der Waals surface area contributed by atoms with Gasteiger partial charge in [-0.3, -0.25) is 9.36 Å². The number of rotatable bonds is 9. The van der Waals surface area contributed by atoms with Crippen LogP contribution in [0.5, 0.6) is 11.5 Å². The van der Waals surface area contributed by atoms with E-state index in [1.165, 1.54) is 30.6 Å². The minimum Gasteiger partial charge on any atom is -0.490 e. The highest BCUT2D eigenvalue weighted by Gasteiger charge is 2.33. The zero-order valence-electron chi connectivity index (χ0n) is 22.9. The van der Waals surface area contributed by atoms with Gasteiger partial charge in [0.1, 0.15) is 12.4 Å². The first kappa shape index (κ1) is 28.0. The Kier molecular flexibility index (Phi) is 8.45. The SMILES string of the molecule is CCOc1cc(/C=c2\sc3n(c2=O)[C@H](c2ccccc2)C(C(=O)OC)=C(CC)N=3)ccc1OCc1ccc(F)cc1. The Labute approximate surface area is 240 Å². The van der Waals surface area contributed by atoms with Crippen molar-refractivity contribution in [2.75, 3.05) is 13.7 Å². The van der Waals surface area contributed by atoms with Crippen LogP contribution in [0.3, 0.4) is 0 Å². The summed E-state index contributed by atoms with van der Waals surface area (Å²) in [4.78, 5) is 32.0. The van der Waals surface area contributed by atoms with E-state index in [9.17, 15) is 14.0 Å². The highest BCUT2D eigenvalue weighted by molar-refractivity contribution is 7.07. The molecule has 210 valence electrons. The van der Waals surface area contributed by atoms with Crippen molar-refractivity contribution in [1.82, 2.24) is 4.57 Å². The van der Waals surface area contributed by atoms with Gasteiger partial charge in [0, 0.05) is 0 Å². The van der Waals surface area contributed by atoms with Gasteiger partial charge in [-0.25, -0.2) is 14.2 Å². The van der Waals surface area contributed by atoms with E-state index in [0.29, 0.717) is 45.1 Å². The van der Waals surface area contributed by atoms with E-state index < -0.39 is 12.0 Å². The summed E-state index contributed by atoms with van der Waals surface area (Å²) < 4.78 is 32.2. The third kappa shape index (κ3) is 5.85. The van der Waals surface area contributed by atoms with E-state index in [2.05, 4.69) is 0 Å². The van der Waals surface area contributed by atoms with E-state index in [-0.39, 0.29) is 18.0 Å². The van der Waals surface area contributed by atoms with Crippen LogP contribution >= 0.6 is 11.3 Å². The number of hydrogen-bond acceptors (Lipinski definition) is 7. The summed E-state index contributed by atoms with van der Waals surface area (Å²) in [6.07, 6.45) is 2.29. The molecule has 2 heterocycles. The Bertz CT molecular complexity index is 1780. The Morgan fingerprint density at radius 2 is 1.78 bits per heavy atom. The number of carbonyl (C=O) groups is 1. The Balaban J connectivity index is 1.56. The molecule has 0 spiro atoms. The van der Waals surface area contributed by atoms with Gasteiger partial charge in [0.25, 0.3) is 5.56 Å². The molecule has 0 N–H and O–H groups in total. The number of benzene rings is 3. The zero-order chi connectivity index (χ0) is 28.9. The van der Waals surface area contributed by atoms with Crippen LogP contribution in [-0.2, 0) is 16.1 Å². The number of carbonyl (C=O) groups excluding carboxylic acids is 1. The third-order valence-corrected chi connectivity index (χ3v) is 7.62. The lowest BCUT2D eigenvalue weighted by atomic mass is 9.95. The molecule has 0 saturated heterocycles. The quantitative estimate of drug-likeness (QED) is 0.266. The predicted molar refractivity (Wildman–Crippen MR) is 155 cm³/mol. The number of aromatic nitrogens is 1. The number of nitrogens with zero attached hydrogens (tertiary/aromatic N) is 2. The van der Waals surface area contributed by atoms with Crippen molar-refractivity contribution in [1.29, 1.82) is 0 Å². The van der Waals surface area contributed by atoms with Crippen LogP contribution in [-0.4, -0.2) is 24.3 Å². The van der Waals surface area contributed by atoms with Crippen molar-refractivity contribution in [2.45, 2.75) is 32.9 Å². The van der Waals surface area contributed by atoms with E-state index in [4.69, 9.17) is 19.2 Å². The van der Waals surface area contributed by atoms with E-state index in [0.717, 1.165) is 16.7 Å². The van der Waals surface area contributed by atoms with Gasteiger partial charge in [-0.05, 0) is 60.4 Å². The molecule has 4 aromatic rings. The minimum absolute atomic E-state index is 0.250. The smallest absolute Gasteiger partial charge is 0.338 e. The lowest BCUT2D eigenvalue weighted by molar-refractivity contribution is -0.136. The first-order chi connectivity index (χ1) is 19.9. The van der Waals surface area contributed by atoms with Crippen LogP contribution in [0.25, 0.3) is 6.08 Å². The topological polar surface area (TPSA) is 79.1 Å². The number of halogens is 1. The highest BCUT2D eigenvalue weighted by atomic mass is 32.1. The van der Waals surface area contributed by atoms with Crippen molar-refractivity contribution in [3.63, 3.8) is 0 Å². The zero-order valence-corrected chi connectivity index (χ0v) is 23.7. The second-order valence-corrected chi connectivity index (χ2v) is 10.3. The fraction of sp³-hybridized carbons (Fsp3) is 0.219. The van der Waals surface area contributed by atoms with Gasteiger partial charge in [0.05, 0.1) is 35.6 Å². The fourth-order valence-electron chi connectivity index (χ4n) is 4.71. The average molecular weight is 573 g/mol. The van der Waals surface area contributed by atoms with Crippen molar-refractivity contribution in [2.24, 2.45) is 4.99 Å². The average Bonchev–Trinajstić information content (AvgIpc) is 3.30. The first-order valence-electron chi connectivity index (χ1n) is 13.3. The van der Waals surface area contributed by atoms with Gasteiger partial charge in [-0.2, -0.15) is 0 Å². The molecule has 0 unspecified atom stereocenters.